The van der Waals surface area contributed by atoms with Gasteiger partial charge in [-0.05, 0) is 43.9 Å². The number of rotatable bonds is 5. The molecule has 5 nitrogen and oxygen atoms in total. The van der Waals surface area contributed by atoms with E-state index in [4.69, 9.17) is 5.11 Å². The summed E-state index contributed by atoms with van der Waals surface area (Å²) in [6.07, 6.45) is 5.74. The highest BCUT2D eigenvalue weighted by Gasteiger charge is 2.40. The average Bonchev–Trinajstić information content (AvgIpc) is 3.14. The molecule has 0 aromatic carbocycles. The molecule has 0 aliphatic heterocycles. The van der Waals surface area contributed by atoms with Crippen LogP contribution in [0.15, 0.2) is 5.38 Å². The van der Waals surface area contributed by atoms with Crippen molar-refractivity contribution in [1.29, 1.82) is 0 Å². The molecule has 6 heteroatoms. The Balaban J connectivity index is 1.53. The number of carbonyl (C=O) groups is 2. The van der Waals surface area contributed by atoms with Crippen LogP contribution in [-0.2, 0) is 4.79 Å². The van der Waals surface area contributed by atoms with Gasteiger partial charge in [0.15, 0.2) is 5.69 Å². The van der Waals surface area contributed by atoms with Crippen molar-refractivity contribution in [3.8, 4) is 0 Å². The largest absolute Gasteiger partial charge is 0.476 e. The summed E-state index contributed by atoms with van der Waals surface area (Å²) in [6, 6.07) is -0.228. The predicted octanol–water partition coefficient (Wildman–Crippen LogP) is 2.84. The van der Waals surface area contributed by atoms with Gasteiger partial charge in [-0.25, -0.2) is 9.78 Å². The van der Waals surface area contributed by atoms with Crippen LogP contribution in [0.3, 0.4) is 0 Å². The summed E-state index contributed by atoms with van der Waals surface area (Å²) in [5, 5.41) is 14.0. The number of nitrogens with one attached hydrogen (secondary N) is 1. The number of amides is 1. The maximum Gasteiger partial charge on any atom is 0.355 e. The van der Waals surface area contributed by atoms with Gasteiger partial charge in [0.1, 0.15) is 5.01 Å². The molecule has 21 heavy (non-hydrogen) atoms. The highest BCUT2D eigenvalue weighted by molar-refractivity contribution is 7.09. The lowest BCUT2D eigenvalue weighted by molar-refractivity contribution is -0.123. The Bertz CT molecular complexity index is 557. The topological polar surface area (TPSA) is 79.3 Å². The second kappa shape index (κ2) is 5.75. The first-order valence-electron chi connectivity index (χ1n) is 7.51. The molecule has 0 radical (unpaired) electrons. The maximum absolute atomic E-state index is 12.1. The molecule has 4 atom stereocenters. The Labute approximate surface area is 127 Å². The lowest BCUT2D eigenvalue weighted by Crippen LogP contribution is -2.29. The van der Waals surface area contributed by atoms with Crippen LogP contribution in [0.25, 0.3) is 0 Å². The highest BCUT2D eigenvalue weighted by Crippen LogP contribution is 2.49. The third-order valence-electron chi connectivity index (χ3n) is 4.82. The van der Waals surface area contributed by atoms with E-state index in [0.29, 0.717) is 17.3 Å². The molecular weight excluding hydrogens is 288 g/mol. The monoisotopic (exact) mass is 308 g/mol. The van der Waals surface area contributed by atoms with Crippen LogP contribution >= 0.6 is 11.3 Å². The summed E-state index contributed by atoms with van der Waals surface area (Å²) in [4.78, 5) is 27.0. The molecule has 2 fully saturated rings. The van der Waals surface area contributed by atoms with Crippen molar-refractivity contribution in [2.24, 2.45) is 17.8 Å². The van der Waals surface area contributed by atoms with Gasteiger partial charge in [-0.15, -0.1) is 11.3 Å². The number of hydrogen-bond acceptors (Lipinski definition) is 4. The van der Waals surface area contributed by atoms with Crippen molar-refractivity contribution in [1.82, 2.24) is 10.3 Å². The molecule has 0 saturated heterocycles. The van der Waals surface area contributed by atoms with Crippen LogP contribution in [0.2, 0.25) is 0 Å². The van der Waals surface area contributed by atoms with Crippen LogP contribution in [0.5, 0.6) is 0 Å². The van der Waals surface area contributed by atoms with E-state index in [1.165, 1.54) is 42.4 Å². The summed E-state index contributed by atoms with van der Waals surface area (Å²) in [7, 11) is 0. The Hall–Kier alpha value is -1.43. The number of hydrogen-bond donors (Lipinski definition) is 2. The average molecular weight is 308 g/mol. The minimum atomic E-state index is -1.03. The van der Waals surface area contributed by atoms with Gasteiger partial charge in [0.2, 0.25) is 5.91 Å². The fourth-order valence-corrected chi connectivity index (χ4v) is 4.61. The van der Waals surface area contributed by atoms with E-state index < -0.39 is 5.97 Å². The summed E-state index contributed by atoms with van der Waals surface area (Å²) < 4.78 is 0. The second-order valence-electron chi connectivity index (χ2n) is 6.30. The van der Waals surface area contributed by atoms with Crippen molar-refractivity contribution < 1.29 is 14.7 Å². The number of aromatic nitrogens is 1. The van der Waals surface area contributed by atoms with Crippen LogP contribution in [0, 0.1) is 17.8 Å². The first-order valence-corrected chi connectivity index (χ1v) is 8.39. The van der Waals surface area contributed by atoms with Gasteiger partial charge in [0.05, 0.1) is 6.04 Å². The molecule has 2 aliphatic carbocycles. The van der Waals surface area contributed by atoms with Crippen molar-refractivity contribution in [3.05, 3.63) is 16.1 Å². The second-order valence-corrected chi connectivity index (χ2v) is 7.19. The van der Waals surface area contributed by atoms with Crippen molar-refractivity contribution >= 4 is 23.2 Å². The van der Waals surface area contributed by atoms with E-state index in [1.807, 2.05) is 6.92 Å². The van der Waals surface area contributed by atoms with Crippen LogP contribution in [0.4, 0.5) is 0 Å². The summed E-state index contributed by atoms with van der Waals surface area (Å²) in [5.41, 5.74) is 0.0456. The summed E-state index contributed by atoms with van der Waals surface area (Å²) >= 11 is 1.28. The first-order chi connectivity index (χ1) is 10.0. The molecule has 1 aromatic heterocycles. The zero-order chi connectivity index (χ0) is 15.0. The molecule has 114 valence electrons. The van der Waals surface area contributed by atoms with Crippen molar-refractivity contribution in [2.45, 2.75) is 45.1 Å². The number of fused-ring (bicyclic) bond motifs is 2. The Kier molecular flexibility index (Phi) is 3.97. The van der Waals surface area contributed by atoms with Gasteiger partial charge in [0, 0.05) is 11.8 Å². The summed E-state index contributed by atoms with van der Waals surface area (Å²) in [6.45, 7) is 1.85. The maximum atomic E-state index is 12.1. The van der Waals surface area contributed by atoms with Crippen LogP contribution in [0.1, 0.15) is 60.6 Å². The number of carbonyl (C=O) groups excluding carboxylic acids is 1. The molecular formula is C15H20N2O3S. The number of carboxylic acids is 1. The van der Waals surface area contributed by atoms with E-state index in [9.17, 15) is 9.59 Å². The van der Waals surface area contributed by atoms with Gasteiger partial charge in [-0.3, -0.25) is 4.79 Å². The molecule has 2 N–H and O–H groups in total. The molecule has 0 spiro atoms. The number of thiazole rings is 1. The standard InChI is InChI=1S/C15H20N2O3S/c1-8(14-17-12(7-21-14)15(19)20)16-13(18)6-11-5-9-2-3-10(11)4-9/h7-11H,2-6H2,1H3,(H,16,18)(H,19,20). The molecule has 2 bridgehead atoms. The fraction of sp³-hybridized carbons (Fsp3) is 0.667. The molecule has 1 amide bonds. The van der Waals surface area contributed by atoms with Crippen LogP contribution < -0.4 is 5.32 Å². The number of nitrogens with zero attached hydrogens (tertiary/aromatic N) is 1. The van der Waals surface area contributed by atoms with Gasteiger partial charge in [-0.2, -0.15) is 0 Å². The minimum Gasteiger partial charge on any atom is -0.476 e. The lowest BCUT2D eigenvalue weighted by Gasteiger charge is -2.21. The van der Waals surface area contributed by atoms with E-state index >= 15 is 0 Å². The van der Waals surface area contributed by atoms with Gasteiger partial charge in [-0.1, -0.05) is 6.42 Å². The predicted molar refractivity (Wildman–Crippen MR) is 79.2 cm³/mol. The molecule has 2 aliphatic rings. The minimum absolute atomic E-state index is 0.0456. The Morgan fingerprint density at radius 2 is 2.29 bits per heavy atom. The zero-order valence-electron chi connectivity index (χ0n) is 12.0. The Morgan fingerprint density at radius 1 is 1.48 bits per heavy atom. The van der Waals surface area contributed by atoms with Crippen LogP contribution in [-0.4, -0.2) is 22.0 Å². The van der Waals surface area contributed by atoms with Gasteiger partial charge >= 0.3 is 5.97 Å². The third-order valence-corrected chi connectivity index (χ3v) is 5.85. The molecule has 3 rings (SSSR count). The lowest BCUT2D eigenvalue weighted by atomic mass is 9.86. The quantitative estimate of drug-likeness (QED) is 0.876. The zero-order valence-corrected chi connectivity index (χ0v) is 12.9. The molecule has 1 aromatic rings. The SMILES string of the molecule is CC(NC(=O)CC1CC2CCC1C2)c1nc(C(=O)O)cs1. The first kappa shape index (κ1) is 14.5. The smallest absolute Gasteiger partial charge is 0.355 e. The van der Waals surface area contributed by atoms with Crippen molar-refractivity contribution in [2.75, 3.05) is 0 Å². The van der Waals surface area contributed by atoms with Gasteiger partial charge < -0.3 is 10.4 Å². The van der Waals surface area contributed by atoms with Gasteiger partial charge in [0.25, 0.3) is 0 Å². The molecule has 4 unspecified atom stereocenters. The van der Waals surface area contributed by atoms with E-state index in [0.717, 1.165) is 11.8 Å². The molecule has 2 saturated carbocycles. The van der Waals surface area contributed by atoms with Crippen molar-refractivity contribution in [3.63, 3.8) is 0 Å². The Morgan fingerprint density at radius 3 is 2.86 bits per heavy atom. The number of carboxylic acid groups (broad SMARTS) is 1. The third kappa shape index (κ3) is 3.10. The summed E-state index contributed by atoms with van der Waals surface area (Å²) in [5.74, 6) is 1.17. The molecule has 1 heterocycles. The fourth-order valence-electron chi connectivity index (χ4n) is 3.81. The normalized spacial score (nSPS) is 28.5. The number of aromatic carboxylic acids is 1. The highest BCUT2D eigenvalue weighted by atomic mass is 32.1. The van der Waals surface area contributed by atoms with E-state index in [-0.39, 0.29) is 17.6 Å². The van der Waals surface area contributed by atoms with E-state index in [2.05, 4.69) is 10.3 Å². The van der Waals surface area contributed by atoms with E-state index in [1.54, 1.807) is 0 Å².